The van der Waals surface area contributed by atoms with Crippen molar-refractivity contribution >= 4 is 41.4 Å². The normalized spacial score (nSPS) is 13.3. The van der Waals surface area contributed by atoms with E-state index in [-0.39, 0.29) is 6.42 Å². The van der Waals surface area contributed by atoms with Gasteiger partial charge >= 0.3 is 17.9 Å². The molecular formula is C19H29N3O10. The summed E-state index contributed by atoms with van der Waals surface area (Å²) in [5, 5.41) is 24.8. The number of esters is 1. The average molecular weight is 459 g/mol. The summed E-state index contributed by atoms with van der Waals surface area (Å²) in [6.45, 7) is 4.59. The number of carbonyl (C=O) groups is 7. The average Bonchev–Trinajstić information content (AvgIpc) is 2.65. The van der Waals surface area contributed by atoms with Gasteiger partial charge in [-0.2, -0.15) is 0 Å². The van der Waals surface area contributed by atoms with Crippen LogP contribution in [0, 0.1) is 5.92 Å². The Morgan fingerprint density at radius 3 is 1.84 bits per heavy atom. The van der Waals surface area contributed by atoms with Gasteiger partial charge in [0, 0.05) is 20.3 Å². The Morgan fingerprint density at radius 2 is 1.41 bits per heavy atom. The summed E-state index contributed by atoms with van der Waals surface area (Å²) in [4.78, 5) is 81.5. The minimum Gasteiger partial charge on any atom is -0.481 e. The van der Waals surface area contributed by atoms with E-state index in [2.05, 4.69) is 20.7 Å². The Morgan fingerprint density at radius 1 is 0.812 bits per heavy atom. The summed E-state index contributed by atoms with van der Waals surface area (Å²) < 4.78 is 4.54. The predicted octanol–water partition coefficient (Wildman–Crippen LogP) is -1.41. The van der Waals surface area contributed by atoms with Gasteiger partial charge in [0.2, 0.25) is 17.7 Å². The van der Waals surface area contributed by atoms with Crippen molar-refractivity contribution in [2.75, 3.05) is 6.61 Å². The maximum atomic E-state index is 12.7. The summed E-state index contributed by atoms with van der Waals surface area (Å²) in [7, 11) is 0. The highest BCUT2D eigenvalue weighted by molar-refractivity contribution is 5.96. The number of Topliss-reactive ketones (excluding diaryl/α,β-unsaturated/α-hetero) is 1. The van der Waals surface area contributed by atoms with Crippen LogP contribution in [0.4, 0.5) is 0 Å². The van der Waals surface area contributed by atoms with Crippen molar-refractivity contribution in [2.45, 2.75) is 65.1 Å². The molecule has 13 nitrogen and oxygen atoms in total. The fraction of sp³-hybridized carbons (Fsp3) is 0.632. The molecule has 32 heavy (non-hydrogen) atoms. The summed E-state index contributed by atoms with van der Waals surface area (Å²) in [5.74, 6) is -7.01. The Bertz CT molecular complexity index is 750. The summed E-state index contributed by atoms with van der Waals surface area (Å²) in [6.07, 6.45) is -1.42. The van der Waals surface area contributed by atoms with Crippen molar-refractivity contribution in [2.24, 2.45) is 5.92 Å². The van der Waals surface area contributed by atoms with Gasteiger partial charge in [0.15, 0.2) is 12.4 Å². The van der Waals surface area contributed by atoms with Crippen LogP contribution in [0.5, 0.6) is 0 Å². The van der Waals surface area contributed by atoms with Crippen molar-refractivity contribution in [3.05, 3.63) is 0 Å². The second kappa shape index (κ2) is 13.7. The van der Waals surface area contributed by atoms with Gasteiger partial charge in [-0.1, -0.05) is 13.8 Å². The van der Waals surface area contributed by atoms with Crippen LogP contribution in [-0.4, -0.2) is 76.4 Å². The van der Waals surface area contributed by atoms with Crippen molar-refractivity contribution in [1.29, 1.82) is 0 Å². The molecule has 0 aliphatic rings. The fourth-order valence-electron chi connectivity index (χ4n) is 2.53. The number of aliphatic carboxylic acids is 2. The molecule has 0 bridgehead atoms. The number of carbonyl (C=O) groups excluding carboxylic acids is 5. The van der Waals surface area contributed by atoms with Gasteiger partial charge in [-0.3, -0.25) is 33.6 Å². The Balaban J connectivity index is 5.43. The highest BCUT2D eigenvalue weighted by atomic mass is 16.5. The zero-order valence-corrected chi connectivity index (χ0v) is 18.3. The van der Waals surface area contributed by atoms with E-state index < -0.39 is 84.9 Å². The molecule has 180 valence electrons. The van der Waals surface area contributed by atoms with Gasteiger partial charge in [-0.05, 0) is 12.3 Å². The van der Waals surface area contributed by atoms with Gasteiger partial charge < -0.3 is 30.9 Å². The monoisotopic (exact) mass is 459 g/mol. The molecule has 0 spiro atoms. The van der Waals surface area contributed by atoms with Crippen LogP contribution in [0.3, 0.4) is 0 Å². The second-order valence-corrected chi connectivity index (χ2v) is 7.32. The first-order valence-electron chi connectivity index (χ1n) is 9.72. The Kier molecular flexibility index (Phi) is 12.2. The summed E-state index contributed by atoms with van der Waals surface area (Å²) >= 11 is 0. The number of amides is 3. The molecule has 0 aromatic rings. The lowest BCUT2D eigenvalue weighted by Crippen LogP contribution is -2.57. The molecular weight excluding hydrogens is 430 g/mol. The third-order valence-corrected chi connectivity index (χ3v) is 4.09. The first-order chi connectivity index (χ1) is 14.7. The molecule has 0 radical (unpaired) electrons. The van der Waals surface area contributed by atoms with Crippen molar-refractivity contribution in [3.8, 4) is 0 Å². The van der Waals surface area contributed by atoms with Crippen molar-refractivity contribution in [3.63, 3.8) is 0 Å². The third-order valence-electron chi connectivity index (χ3n) is 4.09. The second-order valence-electron chi connectivity index (χ2n) is 7.32. The molecule has 13 heteroatoms. The number of carboxylic acid groups (broad SMARTS) is 2. The molecule has 3 amide bonds. The summed E-state index contributed by atoms with van der Waals surface area (Å²) in [5.41, 5.74) is 0. The molecule has 0 heterocycles. The van der Waals surface area contributed by atoms with Gasteiger partial charge in [-0.15, -0.1) is 0 Å². The third kappa shape index (κ3) is 11.6. The number of ketones is 1. The lowest BCUT2D eigenvalue weighted by Gasteiger charge is -2.26. The first-order valence-corrected chi connectivity index (χ1v) is 9.72. The lowest BCUT2D eigenvalue weighted by atomic mass is 10.0. The highest BCUT2D eigenvalue weighted by Crippen LogP contribution is 2.07. The molecule has 0 aliphatic heterocycles. The van der Waals surface area contributed by atoms with E-state index in [9.17, 15) is 33.6 Å². The Labute approximate surface area is 184 Å². The SMILES string of the molecule is CC(=O)NC(CCC(=O)O)C(=O)NC(C(=O)NC(CC(=O)O)C(=O)COC(C)=O)C(C)C. The summed E-state index contributed by atoms with van der Waals surface area (Å²) in [6, 6.07) is -3.98. The molecule has 0 rings (SSSR count). The number of ether oxygens (including phenoxy) is 1. The molecule has 3 atom stereocenters. The molecule has 0 aromatic carbocycles. The maximum absolute atomic E-state index is 12.7. The highest BCUT2D eigenvalue weighted by Gasteiger charge is 2.32. The van der Waals surface area contributed by atoms with E-state index in [0.29, 0.717) is 0 Å². The van der Waals surface area contributed by atoms with Crippen LogP contribution in [0.1, 0.15) is 47.0 Å². The van der Waals surface area contributed by atoms with E-state index >= 15 is 0 Å². The van der Waals surface area contributed by atoms with E-state index in [1.807, 2.05) is 0 Å². The predicted molar refractivity (Wildman–Crippen MR) is 107 cm³/mol. The lowest BCUT2D eigenvalue weighted by molar-refractivity contribution is -0.147. The standard InChI is InChI=1S/C19H29N3O10/c1-9(2)17(22-18(30)12(20-10(3)23)5-6-15(26)27)19(31)21-13(7-16(28)29)14(25)8-32-11(4)24/h9,12-13,17H,5-8H2,1-4H3,(H,20,23)(H,21,31)(H,22,30)(H,26,27)(H,28,29). The van der Waals surface area contributed by atoms with Crippen LogP contribution in [-0.2, 0) is 38.3 Å². The number of hydrogen-bond donors (Lipinski definition) is 5. The van der Waals surface area contributed by atoms with Crippen LogP contribution in [0.15, 0.2) is 0 Å². The minimum absolute atomic E-state index is 0.226. The van der Waals surface area contributed by atoms with Crippen LogP contribution in [0.2, 0.25) is 0 Å². The molecule has 0 saturated heterocycles. The quantitative estimate of drug-likeness (QED) is 0.192. The van der Waals surface area contributed by atoms with E-state index in [1.165, 1.54) is 0 Å². The van der Waals surface area contributed by atoms with Crippen LogP contribution < -0.4 is 16.0 Å². The van der Waals surface area contributed by atoms with E-state index in [1.54, 1.807) is 13.8 Å². The zero-order chi connectivity index (χ0) is 25.0. The maximum Gasteiger partial charge on any atom is 0.305 e. The van der Waals surface area contributed by atoms with Gasteiger partial charge in [0.1, 0.15) is 18.1 Å². The molecule has 5 N–H and O–H groups in total. The van der Waals surface area contributed by atoms with Crippen LogP contribution in [0.25, 0.3) is 0 Å². The minimum atomic E-state index is -1.52. The molecule has 3 unspecified atom stereocenters. The number of rotatable bonds is 14. The molecule has 0 saturated carbocycles. The number of nitrogens with one attached hydrogen (secondary N) is 3. The smallest absolute Gasteiger partial charge is 0.305 e. The van der Waals surface area contributed by atoms with E-state index in [0.717, 1.165) is 13.8 Å². The number of carboxylic acids is 2. The van der Waals surface area contributed by atoms with Crippen molar-refractivity contribution < 1.29 is 48.5 Å². The van der Waals surface area contributed by atoms with Gasteiger partial charge in [0.25, 0.3) is 0 Å². The topological polar surface area (TPSA) is 205 Å². The Hall–Kier alpha value is -3.51. The van der Waals surface area contributed by atoms with E-state index in [4.69, 9.17) is 10.2 Å². The molecule has 0 fully saturated rings. The largest absolute Gasteiger partial charge is 0.481 e. The first kappa shape index (κ1) is 28.5. The van der Waals surface area contributed by atoms with Crippen molar-refractivity contribution in [1.82, 2.24) is 16.0 Å². The molecule has 0 aromatic heterocycles. The number of hydrogen-bond acceptors (Lipinski definition) is 8. The van der Waals surface area contributed by atoms with Gasteiger partial charge in [-0.25, -0.2) is 0 Å². The molecule has 0 aliphatic carbocycles. The fourth-order valence-corrected chi connectivity index (χ4v) is 2.53. The van der Waals surface area contributed by atoms with Crippen LogP contribution >= 0.6 is 0 Å². The van der Waals surface area contributed by atoms with Gasteiger partial charge in [0.05, 0.1) is 6.42 Å². The zero-order valence-electron chi connectivity index (χ0n) is 18.3.